The molecule has 0 aliphatic carbocycles. The number of amides is 1. The van der Waals surface area contributed by atoms with Crippen LogP contribution in [0, 0.1) is 6.92 Å². The van der Waals surface area contributed by atoms with Crippen molar-refractivity contribution in [2.24, 2.45) is 0 Å². The number of ether oxygens (including phenoxy) is 2. The van der Waals surface area contributed by atoms with Crippen LogP contribution in [0.3, 0.4) is 0 Å². The van der Waals surface area contributed by atoms with Crippen molar-refractivity contribution in [1.29, 1.82) is 0 Å². The predicted molar refractivity (Wildman–Crippen MR) is 119 cm³/mol. The molecule has 176 valence electrons. The lowest BCUT2D eigenvalue weighted by Gasteiger charge is -2.16. The number of benzene rings is 2. The van der Waals surface area contributed by atoms with Crippen molar-refractivity contribution in [3.8, 4) is 17.0 Å². The van der Waals surface area contributed by atoms with E-state index in [1.165, 1.54) is 7.11 Å². The van der Waals surface area contributed by atoms with E-state index in [-0.39, 0.29) is 35.9 Å². The topological polar surface area (TPSA) is 86.5 Å². The van der Waals surface area contributed by atoms with Gasteiger partial charge in [-0.3, -0.25) is 4.79 Å². The Morgan fingerprint density at radius 1 is 1.09 bits per heavy atom. The quantitative estimate of drug-likeness (QED) is 0.359. The van der Waals surface area contributed by atoms with Crippen LogP contribution >= 0.6 is 0 Å². The average Bonchev–Trinajstić information content (AvgIpc) is 3.20. The first-order chi connectivity index (χ1) is 16.3. The summed E-state index contributed by atoms with van der Waals surface area (Å²) in [7, 11) is 1.47. The number of aromatic nitrogens is 2. The molecule has 34 heavy (non-hydrogen) atoms. The zero-order chi connectivity index (χ0) is 24.3. The van der Waals surface area contributed by atoms with Crippen molar-refractivity contribution in [2.75, 3.05) is 25.6 Å². The summed E-state index contributed by atoms with van der Waals surface area (Å²) < 4.78 is 55.7. The van der Waals surface area contributed by atoms with E-state index in [0.29, 0.717) is 16.8 Å². The van der Waals surface area contributed by atoms with Crippen molar-refractivity contribution in [3.63, 3.8) is 0 Å². The fraction of sp³-hybridized carbons (Fsp3) is 0.208. The maximum atomic E-state index is 13.3. The molecule has 4 rings (SSSR count). The SMILES string of the molecule is COCCOc1ccc(C(F)(F)F)cc1NC(=O)c1cc(-c2ccccc2)nc2onc(C)c12. The molecule has 10 heteroatoms. The van der Waals surface area contributed by atoms with Crippen molar-refractivity contribution >= 4 is 22.7 Å². The third-order valence-corrected chi connectivity index (χ3v) is 5.03. The van der Waals surface area contributed by atoms with Gasteiger partial charge in [0.2, 0.25) is 0 Å². The number of aryl methyl sites for hydroxylation is 1. The number of carbonyl (C=O) groups excluding carboxylic acids is 1. The van der Waals surface area contributed by atoms with E-state index in [0.717, 1.165) is 23.8 Å². The van der Waals surface area contributed by atoms with Gasteiger partial charge in [-0.1, -0.05) is 35.5 Å². The van der Waals surface area contributed by atoms with Gasteiger partial charge in [-0.25, -0.2) is 4.98 Å². The first-order valence-corrected chi connectivity index (χ1v) is 10.2. The van der Waals surface area contributed by atoms with Gasteiger partial charge in [-0.15, -0.1) is 0 Å². The molecule has 0 saturated heterocycles. The van der Waals surface area contributed by atoms with E-state index >= 15 is 0 Å². The molecule has 0 bridgehead atoms. The third kappa shape index (κ3) is 4.86. The second-order valence-corrected chi connectivity index (χ2v) is 7.37. The molecule has 0 atom stereocenters. The van der Waals surface area contributed by atoms with Crippen LogP contribution in [0.2, 0.25) is 0 Å². The van der Waals surface area contributed by atoms with E-state index in [9.17, 15) is 18.0 Å². The van der Waals surface area contributed by atoms with Gasteiger partial charge >= 0.3 is 6.18 Å². The summed E-state index contributed by atoms with van der Waals surface area (Å²) >= 11 is 0. The fourth-order valence-corrected chi connectivity index (χ4v) is 3.39. The first-order valence-electron chi connectivity index (χ1n) is 10.2. The second-order valence-electron chi connectivity index (χ2n) is 7.37. The highest BCUT2D eigenvalue weighted by Gasteiger charge is 2.31. The van der Waals surface area contributed by atoms with Gasteiger partial charge in [0, 0.05) is 12.7 Å². The highest BCUT2D eigenvalue weighted by molar-refractivity contribution is 6.13. The van der Waals surface area contributed by atoms with E-state index in [4.69, 9.17) is 14.0 Å². The smallest absolute Gasteiger partial charge is 0.416 e. The molecule has 0 spiro atoms. The Bertz CT molecular complexity index is 1320. The largest absolute Gasteiger partial charge is 0.489 e. The van der Waals surface area contributed by atoms with Crippen LogP contribution in [-0.2, 0) is 10.9 Å². The van der Waals surface area contributed by atoms with Crippen molar-refractivity contribution in [1.82, 2.24) is 10.1 Å². The Balaban J connectivity index is 1.76. The number of alkyl halides is 3. The van der Waals surface area contributed by atoms with E-state index in [2.05, 4.69) is 15.5 Å². The van der Waals surface area contributed by atoms with Crippen molar-refractivity contribution < 1.29 is 32.0 Å². The Kier molecular flexibility index (Phi) is 6.51. The molecule has 2 heterocycles. The van der Waals surface area contributed by atoms with E-state index < -0.39 is 17.6 Å². The highest BCUT2D eigenvalue weighted by atomic mass is 19.4. The molecule has 2 aromatic heterocycles. The van der Waals surface area contributed by atoms with Crippen LogP contribution in [0.4, 0.5) is 18.9 Å². The minimum Gasteiger partial charge on any atom is -0.489 e. The van der Waals surface area contributed by atoms with Gasteiger partial charge in [-0.2, -0.15) is 13.2 Å². The monoisotopic (exact) mass is 471 g/mol. The molecular formula is C24H20F3N3O4. The number of fused-ring (bicyclic) bond motifs is 1. The van der Waals surface area contributed by atoms with Crippen LogP contribution in [0.1, 0.15) is 21.6 Å². The molecule has 0 radical (unpaired) electrons. The third-order valence-electron chi connectivity index (χ3n) is 5.03. The highest BCUT2D eigenvalue weighted by Crippen LogP contribution is 2.36. The number of hydrogen-bond acceptors (Lipinski definition) is 6. The molecule has 1 amide bonds. The lowest BCUT2D eigenvalue weighted by atomic mass is 10.0. The molecule has 0 aliphatic heterocycles. The second kappa shape index (κ2) is 9.52. The van der Waals surface area contributed by atoms with Crippen LogP contribution in [0.25, 0.3) is 22.4 Å². The first kappa shape index (κ1) is 23.2. The van der Waals surface area contributed by atoms with Gasteiger partial charge < -0.3 is 19.3 Å². The van der Waals surface area contributed by atoms with Gasteiger partial charge in [0.1, 0.15) is 12.4 Å². The summed E-state index contributed by atoms with van der Waals surface area (Å²) in [5.74, 6) is -0.583. The Hall–Kier alpha value is -3.92. The number of rotatable bonds is 7. The maximum Gasteiger partial charge on any atom is 0.416 e. The zero-order valence-electron chi connectivity index (χ0n) is 18.3. The summed E-state index contributed by atoms with van der Waals surface area (Å²) in [4.78, 5) is 17.8. The van der Waals surface area contributed by atoms with Crippen LogP contribution in [0.15, 0.2) is 59.1 Å². The maximum absolute atomic E-state index is 13.3. The number of halogens is 3. The van der Waals surface area contributed by atoms with Gasteiger partial charge in [-0.05, 0) is 31.2 Å². The molecule has 2 aromatic carbocycles. The number of pyridine rings is 1. The Labute approximate surface area is 192 Å². The lowest BCUT2D eigenvalue weighted by molar-refractivity contribution is -0.137. The molecular weight excluding hydrogens is 451 g/mol. The van der Waals surface area contributed by atoms with Crippen LogP contribution in [-0.4, -0.2) is 36.4 Å². The molecule has 4 aromatic rings. The number of anilines is 1. The summed E-state index contributed by atoms with van der Waals surface area (Å²) in [5, 5.41) is 6.81. The predicted octanol–water partition coefficient (Wildman–Crippen LogP) is 5.49. The normalized spacial score (nSPS) is 11.6. The molecule has 0 saturated carbocycles. The molecule has 0 fully saturated rings. The summed E-state index contributed by atoms with van der Waals surface area (Å²) in [6.07, 6.45) is -4.60. The molecule has 7 nitrogen and oxygen atoms in total. The van der Waals surface area contributed by atoms with Crippen molar-refractivity contribution in [3.05, 3.63) is 71.4 Å². The van der Waals surface area contributed by atoms with Crippen LogP contribution in [0.5, 0.6) is 5.75 Å². The minimum absolute atomic E-state index is 0.0778. The van der Waals surface area contributed by atoms with Gasteiger partial charge in [0.25, 0.3) is 11.6 Å². The van der Waals surface area contributed by atoms with Crippen LogP contribution < -0.4 is 10.1 Å². The summed E-state index contributed by atoms with van der Waals surface area (Å²) in [5.41, 5.74) is 0.856. The summed E-state index contributed by atoms with van der Waals surface area (Å²) in [6.45, 7) is 1.96. The van der Waals surface area contributed by atoms with Crippen molar-refractivity contribution in [2.45, 2.75) is 13.1 Å². The number of hydrogen-bond donors (Lipinski definition) is 1. The van der Waals surface area contributed by atoms with Gasteiger partial charge in [0.15, 0.2) is 0 Å². The number of carbonyl (C=O) groups is 1. The molecule has 1 N–H and O–H groups in total. The Morgan fingerprint density at radius 3 is 2.56 bits per heavy atom. The molecule has 0 aliphatic rings. The minimum atomic E-state index is -4.60. The fourth-order valence-electron chi connectivity index (χ4n) is 3.39. The Morgan fingerprint density at radius 2 is 1.85 bits per heavy atom. The standard InChI is InChI=1S/C24H20F3N3O4/c1-14-21-17(13-18(29-23(21)34-30-14)15-6-4-3-5-7-15)22(31)28-19-12-16(24(25,26)27)8-9-20(19)33-11-10-32-2/h3-9,12-13H,10-11H2,1-2H3,(H,28,31). The number of nitrogens with zero attached hydrogens (tertiary/aromatic N) is 2. The summed E-state index contributed by atoms with van der Waals surface area (Å²) in [6, 6.07) is 13.5. The molecule has 0 unspecified atom stereocenters. The number of nitrogens with one attached hydrogen (secondary N) is 1. The number of methoxy groups -OCH3 is 1. The van der Waals surface area contributed by atoms with Gasteiger partial charge in [0.05, 0.1) is 40.2 Å². The average molecular weight is 471 g/mol. The van der Waals surface area contributed by atoms with E-state index in [1.807, 2.05) is 30.3 Å². The zero-order valence-corrected chi connectivity index (χ0v) is 18.3. The lowest BCUT2D eigenvalue weighted by Crippen LogP contribution is -2.16. The van der Waals surface area contributed by atoms with E-state index in [1.54, 1.807) is 13.0 Å².